The fourth-order valence-corrected chi connectivity index (χ4v) is 4.07. The molecular formula is C13H27N3O2S. The van der Waals surface area contributed by atoms with Crippen LogP contribution in [0.1, 0.15) is 26.2 Å². The van der Waals surface area contributed by atoms with Crippen molar-refractivity contribution in [2.75, 3.05) is 46.0 Å². The van der Waals surface area contributed by atoms with Crippen LogP contribution in [0.5, 0.6) is 0 Å². The van der Waals surface area contributed by atoms with E-state index in [9.17, 15) is 8.42 Å². The lowest BCUT2D eigenvalue weighted by molar-refractivity contribution is 0.243. The van der Waals surface area contributed by atoms with Crippen LogP contribution in [-0.2, 0) is 10.0 Å². The van der Waals surface area contributed by atoms with E-state index in [0.717, 1.165) is 25.9 Å². The molecule has 0 aromatic heterocycles. The van der Waals surface area contributed by atoms with Crippen molar-refractivity contribution in [3.63, 3.8) is 0 Å². The van der Waals surface area contributed by atoms with Crippen molar-refractivity contribution >= 4 is 10.0 Å². The first kappa shape index (κ1) is 15.2. The smallest absolute Gasteiger partial charge is 0.211 e. The van der Waals surface area contributed by atoms with Gasteiger partial charge in [0.15, 0.2) is 0 Å². The second-order valence-electron chi connectivity index (χ2n) is 6.62. The van der Waals surface area contributed by atoms with Crippen LogP contribution in [0, 0.1) is 5.41 Å². The molecule has 2 rings (SSSR count). The normalized spacial score (nSPS) is 31.9. The summed E-state index contributed by atoms with van der Waals surface area (Å²) in [5, 5.41) is 3.65. The van der Waals surface area contributed by atoms with Gasteiger partial charge in [0, 0.05) is 32.2 Å². The zero-order valence-corrected chi connectivity index (χ0v) is 13.2. The molecule has 5 nitrogen and oxygen atoms in total. The molecule has 112 valence electrons. The van der Waals surface area contributed by atoms with Crippen LogP contribution in [0.25, 0.3) is 0 Å². The fraction of sp³-hybridized carbons (Fsp3) is 1.00. The molecule has 19 heavy (non-hydrogen) atoms. The van der Waals surface area contributed by atoms with E-state index < -0.39 is 10.0 Å². The Hall–Kier alpha value is -0.170. The van der Waals surface area contributed by atoms with Crippen LogP contribution in [-0.4, -0.2) is 69.7 Å². The molecule has 2 aliphatic rings. The standard InChI is InChI=1S/C13H27N3O2S/c1-13(6-9-15(2)11-13)10-14-12-4-7-16(8-5-12)19(3,17)18/h12,14H,4-11H2,1-3H3. The highest BCUT2D eigenvalue weighted by Crippen LogP contribution is 2.28. The monoisotopic (exact) mass is 289 g/mol. The molecule has 0 saturated carbocycles. The molecule has 1 unspecified atom stereocenters. The van der Waals surface area contributed by atoms with Crippen LogP contribution in [0.2, 0.25) is 0 Å². The number of sulfonamides is 1. The van der Waals surface area contributed by atoms with Crippen molar-refractivity contribution in [3.8, 4) is 0 Å². The molecule has 2 heterocycles. The van der Waals surface area contributed by atoms with Crippen LogP contribution in [0.4, 0.5) is 0 Å². The number of nitrogens with zero attached hydrogens (tertiary/aromatic N) is 2. The van der Waals surface area contributed by atoms with Crippen molar-refractivity contribution < 1.29 is 8.42 Å². The number of rotatable bonds is 4. The summed E-state index contributed by atoms with van der Waals surface area (Å²) >= 11 is 0. The zero-order valence-electron chi connectivity index (χ0n) is 12.4. The molecule has 0 aromatic rings. The van der Waals surface area contributed by atoms with Crippen molar-refractivity contribution in [2.45, 2.75) is 32.2 Å². The molecule has 1 atom stereocenters. The Bertz CT molecular complexity index is 404. The van der Waals surface area contributed by atoms with Crippen LogP contribution >= 0.6 is 0 Å². The van der Waals surface area contributed by atoms with Gasteiger partial charge in [-0.05, 0) is 38.3 Å². The van der Waals surface area contributed by atoms with Crippen LogP contribution in [0.3, 0.4) is 0 Å². The Morgan fingerprint density at radius 2 is 1.89 bits per heavy atom. The first-order valence-electron chi connectivity index (χ1n) is 7.16. The molecule has 6 heteroatoms. The van der Waals surface area contributed by atoms with Gasteiger partial charge in [0.05, 0.1) is 6.26 Å². The summed E-state index contributed by atoms with van der Waals surface area (Å²) < 4.78 is 24.5. The minimum atomic E-state index is -3.00. The summed E-state index contributed by atoms with van der Waals surface area (Å²) in [5.74, 6) is 0. The summed E-state index contributed by atoms with van der Waals surface area (Å²) in [6.07, 6.45) is 4.41. The molecule has 2 aliphatic heterocycles. The zero-order chi connectivity index (χ0) is 14.1. The van der Waals surface area contributed by atoms with Gasteiger partial charge in [-0.3, -0.25) is 0 Å². The van der Waals surface area contributed by atoms with Gasteiger partial charge in [0.1, 0.15) is 0 Å². The molecule has 0 amide bonds. The first-order valence-corrected chi connectivity index (χ1v) is 9.00. The fourth-order valence-electron chi connectivity index (χ4n) is 3.20. The second kappa shape index (κ2) is 5.68. The van der Waals surface area contributed by atoms with Crippen LogP contribution in [0.15, 0.2) is 0 Å². The number of likely N-dealkylation sites (tertiary alicyclic amines) is 1. The van der Waals surface area contributed by atoms with Crippen molar-refractivity contribution in [2.24, 2.45) is 5.41 Å². The molecule has 1 N–H and O–H groups in total. The number of nitrogens with one attached hydrogen (secondary N) is 1. The molecule has 2 saturated heterocycles. The quantitative estimate of drug-likeness (QED) is 0.811. The van der Waals surface area contributed by atoms with Gasteiger partial charge in [-0.1, -0.05) is 6.92 Å². The Morgan fingerprint density at radius 1 is 1.26 bits per heavy atom. The molecular weight excluding hydrogens is 262 g/mol. The van der Waals surface area contributed by atoms with E-state index in [0.29, 0.717) is 24.5 Å². The summed E-state index contributed by atoms with van der Waals surface area (Å²) in [7, 11) is -0.824. The molecule has 0 aromatic carbocycles. The van der Waals surface area contributed by atoms with Gasteiger partial charge in [-0.25, -0.2) is 12.7 Å². The average molecular weight is 289 g/mol. The number of hydrogen-bond donors (Lipinski definition) is 1. The predicted molar refractivity (Wildman–Crippen MR) is 77.7 cm³/mol. The van der Waals surface area contributed by atoms with E-state index in [4.69, 9.17) is 0 Å². The molecule has 2 fully saturated rings. The third-order valence-corrected chi connectivity index (χ3v) is 5.79. The second-order valence-corrected chi connectivity index (χ2v) is 8.60. The number of piperidine rings is 1. The Morgan fingerprint density at radius 3 is 2.37 bits per heavy atom. The van der Waals surface area contributed by atoms with Crippen molar-refractivity contribution in [1.82, 2.24) is 14.5 Å². The Balaban J connectivity index is 1.74. The molecule has 0 aliphatic carbocycles. The summed E-state index contributed by atoms with van der Waals surface area (Å²) in [4.78, 5) is 2.38. The van der Waals surface area contributed by atoms with Gasteiger partial charge < -0.3 is 10.2 Å². The first-order chi connectivity index (χ1) is 8.78. The lowest BCUT2D eigenvalue weighted by Crippen LogP contribution is -2.47. The van der Waals surface area contributed by atoms with Crippen molar-refractivity contribution in [1.29, 1.82) is 0 Å². The van der Waals surface area contributed by atoms with Gasteiger partial charge >= 0.3 is 0 Å². The highest BCUT2D eigenvalue weighted by molar-refractivity contribution is 7.88. The minimum absolute atomic E-state index is 0.378. The van der Waals surface area contributed by atoms with Gasteiger partial charge in [0.25, 0.3) is 0 Å². The Kier molecular flexibility index (Phi) is 4.55. The van der Waals surface area contributed by atoms with Crippen molar-refractivity contribution in [3.05, 3.63) is 0 Å². The predicted octanol–water partition coefficient (Wildman–Crippen LogP) is 0.342. The largest absolute Gasteiger partial charge is 0.313 e. The van der Waals surface area contributed by atoms with E-state index in [1.807, 2.05) is 0 Å². The summed E-state index contributed by atoms with van der Waals surface area (Å²) in [6.45, 7) is 7.04. The van der Waals surface area contributed by atoms with E-state index in [1.54, 1.807) is 4.31 Å². The van der Waals surface area contributed by atoms with E-state index in [-0.39, 0.29) is 0 Å². The van der Waals surface area contributed by atoms with E-state index in [1.165, 1.54) is 19.2 Å². The maximum Gasteiger partial charge on any atom is 0.211 e. The molecule has 0 radical (unpaired) electrons. The lowest BCUT2D eigenvalue weighted by atomic mass is 9.89. The van der Waals surface area contributed by atoms with Crippen LogP contribution < -0.4 is 5.32 Å². The van der Waals surface area contributed by atoms with E-state index in [2.05, 4.69) is 24.2 Å². The third kappa shape index (κ3) is 4.15. The molecule has 0 spiro atoms. The number of hydrogen-bond acceptors (Lipinski definition) is 4. The van der Waals surface area contributed by atoms with E-state index >= 15 is 0 Å². The topological polar surface area (TPSA) is 52.6 Å². The maximum absolute atomic E-state index is 11.4. The highest BCUT2D eigenvalue weighted by atomic mass is 32.2. The SMILES string of the molecule is CN1CCC(C)(CNC2CCN(S(C)(=O)=O)CC2)C1. The average Bonchev–Trinajstić information content (AvgIpc) is 2.67. The van der Waals surface area contributed by atoms with Gasteiger partial charge in [-0.2, -0.15) is 0 Å². The summed E-state index contributed by atoms with van der Waals surface area (Å²) in [6, 6.07) is 0.473. The minimum Gasteiger partial charge on any atom is -0.313 e. The summed E-state index contributed by atoms with van der Waals surface area (Å²) in [5.41, 5.74) is 0.378. The third-order valence-electron chi connectivity index (χ3n) is 4.49. The Labute approximate surface area is 117 Å². The highest BCUT2D eigenvalue weighted by Gasteiger charge is 2.33. The van der Waals surface area contributed by atoms with Gasteiger partial charge in [0.2, 0.25) is 10.0 Å². The maximum atomic E-state index is 11.4. The molecule has 0 bridgehead atoms. The lowest BCUT2D eigenvalue weighted by Gasteiger charge is -2.33. The van der Waals surface area contributed by atoms with Gasteiger partial charge in [-0.15, -0.1) is 0 Å².